The van der Waals surface area contributed by atoms with Gasteiger partial charge in [-0.3, -0.25) is 9.78 Å². The molecule has 1 aromatic carbocycles. The molecule has 1 aliphatic heterocycles. The van der Waals surface area contributed by atoms with Crippen molar-refractivity contribution in [2.75, 3.05) is 40.3 Å². The summed E-state index contributed by atoms with van der Waals surface area (Å²) in [5.74, 6) is -0.370. The van der Waals surface area contributed by atoms with E-state index in [-0.39, 0.29) is 17.8 Å². The first-order valence-corrected chi connectivity index (χ1v) is 8.79. The summed E-state index contributed by atoms with van der Waals surface area (Å²) >= 11 is 0. The molecule has 0 spiro atoms. The Balaban J connectivity index is 1.72. The van der Waals surface area contributed by atoms with Crippen molar-refractivity contribution in [1.29, 1.82) is 0 Å². The van der Waals surface area contributed by atoms with E-state index < -0.39 is 0 Å². The molecule has 0 bridgehead atoms. The van der Waals surface area contributed by atoms with E-state index in [0.717, 1.165) is 18.5 Å². The molecular weight excluding hydrogens is 333 g/mol. The van der Waals surface area contributed by atoms with Gasteiger partial charge in [0.05, 0.1) is 18.3 Å². The smallest absolute Gasteiger partial charge is 0.255 e. The van der Waals surface area contributed by atoms with Gasteiger partial charge in [0.1, 0.15) is 5.82 Å². The largest absolute Gasteiger partial charge is 0.374 e. The van der Waals surface area contributed by atoms with E-state index in [1.165, 1.54) is 12.1 Å². The van der Waals surface area contributed by atoms with Gasteiger partial charge in [0.25, 0.3) is 5.91 Å². The van der Waals surface area contributed by atoms with E-state index in [9.17, 15) is 9.18 Å². The number of carbonyl (C=O) groups is 1. The fraction of sp³-hybridized carbons (Fsp3) is 0.400. The number of ether oxygens (including phenoxy) is 1. The standard InChI is InChI=1S/C20H24FN3O2/c1-23(2)7-6-19-14-24(8-9-26-19)20(25)17-10-16(12-22-13-17)15-4-3-5-18(21)11-15/h3-5,10-13,19H,6-9,14H2,1-2H3. The lowest BCUT2D eigenvalue weighted by Crippen LogP contribution is -2.46. The Morgan fingerprint density at radius 3 is 2.92 bits per heavy atom. The van der Waals surface area contributed by atoms with E-state index in [4.69, 9.17) is 4.74 Å². The Labute approximate surface area is 153 Å². The van der Waals surface area contributed by atoms with E-state index in [1.54, 1.807) is 30.6 Å². The van der Waals surface area contributed by atoms with Crippen LogP contribution in [0.5, 0.6) is 0 Å². The molecule has 0 saturated carbocycles. The maximum Gasteiger partial charge on any atom is 0.255 e. The molecule has 5 nitrogen and oxygen atoms in total. The van der Waals surface area contributed by atoms with Crippen LogP contribution in [-0.4, -0.2) is 67.1 Å². The van der Waals surface area contributed by atoms with Crippen molar-refractivity contribution in [3.8, 4) is 11.1 Å². The average molecular weight is 357 g/mol. The number of amides is 1. The number of hydrogen-bond acceptors (Lipinski definition) is 4. The zero-order valence-corrected chi connectivity index (χ0v) is 15.2. The van der Waals surface area contributed by atoms with Crippen molar-refractivity contribution in [3.05, 3.63) is 54.1 Å². The van der Waals surface area contributed by atoms with Crippen LogP contribution in [0, 0.1) is 5.82 Å². The second kappa shape index (κ2) is 8.38. The van der Waals surface area contributed by atoms with Gasteiger partial charge in [-0.05, 0) is 44.3 Å². The maximum absolute atomic E-state index is 13.5. The molecule has 1 saturated heterocycles. The first kappa shape index (κ1) is 18.5. The van der Waals surface area contributed by atoms with Gasteiger partial charge < -0.3 is 14.5 Å². The fourth-order valence-electron chi connectivity index (χ4n) is 3.05. The third kappa shape index (κ3) is 4.65. The van der Waals surface area contributed by atoms with Gasteiger partial charge >= 0.3 is 0 Å². The summed E-state index contributed by atoms with van der Waals surface area (Å²) in [4.78, 5) is 21.0. The molecule has 1 unspecified atom stereocenters. The third-order valence-electron chi connectivity index (χ3n) is 4.47. The Kier molecular flexibility index (Phi) is 5.96. The lowest BCUT2D eigenvalue weighted by atomic mass is 10.1. The molecule has 0 N–H and O–H groups in total. The molecule has 6 heteroatoms. The van der Waals surface area contributed by atoms with Gasteiger partial charge in [0.2, 0.25) is 0 Å². The predicted octanol–water partition coefficient (Wildman–Crippen LogP) is 2.68. The van der Waals surface area contributed by atoms with Crippen LogP contribution in [0.25, 0.3) is 11.1 Å². The number of halogens is 1. The van der Waals surface area contributed by atoms with Crippen molar-refractivity contribution in [2.45, 2.75) is 12.5 Å². The number of benzene rings is 1. The van der Waals surface area contributed by atoms with Gasteiger partial charge in [0, 0.05) is 37.6 Å². The quantitative estimate of drug-likeness (QED) is 0.825. The summed E-state index contributed by atoms with van der Waals surface area (Å²) in [6.07, 6.45) is 4.15. The lowest BCUT2D eigenvalue weighted by molar-refractivity contribution is -0.0269. The zero-order valence-electron chi connectivity index (χ0n) is 15.2. The summed E-state index contributed by atoms with van der Waals surface area (Å²) < 4.78 is 19.2. The van der Waals surface area contributed by atoms with E-state index in [1.807, 2.05) is 19.0 Å². The zero-order chi connectivity index (χ0) is 18.5. The van der Waals surface area contributed by atoms with Crippen molar-refractivity contribution < 1.29 is 13.9 Å². The summed E-state index contributed by atoms with van der Waals surface area (Å²) in [5.41, 5.74) is 1.95. The van der Waals surface area contributed by atoms with Crippen LogP contribution in [0.15, 0.2) is 42.7 Å². The molecular formula is C20H24FN3O2. The summed E-state index contributed by atoms with van der Waals surface area (Å²) in [6, 6.07) is 8.07. The first-order valence-electron chi connectivity index (χ1n) is 8.79. The Morgan fingerprint density at radius 2 is 2.15 bits per heavy atom. The van der Waals surface area contributed by atoms with E-state index in [2.05, 4.69) is 9.88 Å². The Morgan fingerprint density at radius 1 is 1.31 bits per heavy atom. The van der Waals surface area contributed by atoms with Crippen LogP contribution in [0.1, 0.15) is 16.8 Å². The number of hydrogen-bond donors (Lipinski definition) is 0. The van der Waals surface area contributed by atoms with E-state index >= 15 is 0 Å². The van der Waals surface area contributed by atoms with Crippen molar-refractivity contribution in [2.24, 2.45) is 0 Å². The van der Waals surface area contributed by atoms with Crippen LogP contribution in [0.3, 0.4) is 0 Å². The predicted molar refractivity (Wildman–Crippen MR) is 98.4 cm³/mol. The number of rotatable bonds is 5. The maximum atomic E-state index is 13.5. The fourth-order valence-corrected chi connectivity index (χ4v) is 3.05. The summed E-state index contributed by atoms with van der Waals surface area (Å²) in [5, 5.41) is 0. The minimum absolute atomic E-state index is 0.0504. The molecule has 0 radical (unpaired) electrons. The van der Waals surface area contributed by atoms with Gasteiger partial charge in [-0.1, -0.05) is 12.1 Å². The Hall–Kier alpha value is -2.31. The number of carbonyl (C=O) groups excluding carboxylic acids is 1. The molecule has 1 aliphatic rings. The molecule has 1 amide bonds. The number of morpholine rings is 1. The normalized spacial score (nSPS) is 17.5. The SMILES string of the molecule is CN(C)CCC1CN(C(=O)c2cncc(-c3cccc(F)c3)c2)CCO1. The van der Waals surface area contributed by atoms with Crippen LogP contribution < -0.4 is 0 Å². The number of aromatic nitrogens is 1. The highest BCUT2D eigenvalue weighted by Crippen LogP contribution is 2.21. The van der Waals surface area contributed by atoms with Gasteiger partial charge in [-0.25, -0.2) is 4.39 Å². The highest BCUT2D eigenvalue weighted by atomic mass is 19.1. The van der Waals surface area contributed by atoms with Crippen LogP contribution in [0.2, 0.25) is 0 Å². The minimum atomic E-state index is -0.309. The molecule has 138 valence electrons. The molecule has 1 fully saturated rings. The van der Waals surface area contributed by atoms with Crippen molar-refractivity contribution >= 4 is 5.91 Å². The molecule has 2 heterocycles. The number of nitrogens with zero attached hydrogens (tertiary/aromatic N) is 3. The molecule has 26 heavy (non-hydrogen) atoms. The van der Waals surface area contributed by atoms with Crippen LogP contribution >= 0.6 is 0 Å². The Bertz CT molecular complexity index is 766. The van der Waals surface area contributed by atoms with Gasteiger partial charge in [-0.2, -0.15) is 0 Å². The number of pyridine rings is 1. The second-order valence-corrected chi connectivity index (χ2v) is 6.81. The van der Waals surface area contributed by atoms with Crippen LogP contribution in [-0.2, 0) is 4.74 Å². The average Bonchev–Trinajstić information content (AvgIpc) is 2.66. The highest BCUT2D eigenvalue weighted by Gasteiger charge is 2.25. The molecule has 1 aromatic heterocycles. The third-order valence-corrected chi connectivity index (χ3v) is 4.47. The first-order chi connectivity index (χ1) is 12.5. The monoisotopic (exact) mass is 357 g/mol. The second-order valence-electron chi connectivity index (χ2n) is 6.81. The molecule has 3 rings (SSSR count). The minimum Gasteiger partial charge on any atom is -0.374 e. The molecule has 0 aliphatic carbocycles. The molecule has 2 aromatic rings. The van der Waals surface area contributed by atoms with Gasteiger partial charge in [-0.15, -0.1) is 0 Å². The highest BCUT2D eigenvalue weighted by molar-refractivity contribution is 5.95. The van der Waals surface area contributed by atoms with Crippen molar-refractivity contribution in [3.63, 3.8) is 0 Å². The van der Waals surface area contributed by atoms with Crippen molar-refractivity contribution in [1.82, 2.24) is 14.8 Å². The summed E-state index contributed by atoms with van der Waals surface area (Å²) in [7, 11) is 4.05. The van der Waals surface area contributed by atoms with Gasteiger partial charge in [0.15, 0.2) is 0 Å². The molecule has 1 atom stereocenters. The lowest BCUT2D eigenvalue weighted by Gasteiger charge is -2.33. The van der Waals surface area contributed by atoms with Crippen LogP contribution in [0.4, 0.5) is 4.39 Å². The van der Waals surface area contributed by atoms with E-state index in [0.29, 0.717) is 30.8 Å². The summed E-state index contributed by atoms with van der Waals surface area (Å²) in [6.45, 7) is 2.61. The topological polar surface area (TPSA) is 45.7 Å².